The fourth-order valence-electron chi connectivity index (χ4n) is 2.76. The maximum Gasteiger partial charge on any atom is 0.348 e. The lowest BCUT2D eigenvalue weighted by Crippen LogP contribution is -2.11. The second-order valence-corrected chi connectivity index (χ2v) is 7.00. The zero-order valence-corrected chi connectivity index (χ0v) is 16.7. The molecule has 0 aliphatic rings. The van der Waals surface area contributed by atoms with Gasteiger partial charge in [0.15, 0.2) is 0 Å². The fourth-order valence-corrected chi connectivity index (χ4v) is 3.68. The van der Waals surface area contributed by atoms with Gasteiger partial charge in [-0.2, -0.15) is 10.4 Å². The standard InChI is InChI=1S/C20H18N4O4S/c1-3-27-20(26)17-16(14(9-21)18(22)29-17)11-28-19(25)15-10-23-24(12(15)2)13-7-5-4-6-8-13/h4-8,10H,3,11,22H2,1-2H3. The van der Waals surface area contributed by atoms with E-state index in [0.29, 0.717) is 5.69 Å². The van der Waals surface area contributed by atoms with Gasteiger partial charge in [-0.05, 0) is 26.0 Å². The molecule has 0 aliphatic heterocycles. The topological polar surface area (TPSA) is 120 Å². The average molecular weight is 410 g/mol. The third kappa shape index (κ3) is 3.97. The number of aromatic nitrogens is 2. The molecule has 2 aromatic heterocycles. The molecule has 0 unspecified atom stereocenters. The second kappa shape index (κ2) is 8.58. The molecule has 0 amide bonds. The van der Waals surface area contributed by atoms with Crippen molar-refractivity contribution in [3.8, 4) is 11.8 Å². The van der Waals surface area contributed by atoms with Crippen LogP contribution in [0.25, 0.3) is 5.69 Å². The van der Waals surface area contributed by atoms with Gasteiger partial charge in [0.05, 0.1) is 29.7 Å². The van der Waals surface area contributed by atoms with Crippen LogP contribution in [0.5, 0.6) is 0 Å². The maximum atomic E-state index is 12.6. The Morgan fingerprint density at radius 1 is 1.24 bits per heavy atom. The number of carbonyl (C=O) groups is 2. The highest BCUT2D eigenvalue weighted by atomic mass is 32.1. The lowest BCUT2D eigenvalue weighted by molar-refractivity contribution is 0.0452. The average Bonchev–Trinajstić information content (AvgIpc) is 3.26. The summed E-state index contributed by atoms with van der Waals surface area (Å²) < 4.78 is 12.0. The number of anilines is 1. The minimum atomic E-state index is -0.617. The molecule has 2 heterocycles. The highest BCUT2D eigenvalue weighted by molar-refractivity contribution is 7.18. The number of ether oxygens (including phenoxy) is 2. The van der Waals surface area contributed by atoms with Crippen LogP contribution in [0.2, 0.25) is 0 Å². The highest BCUT2D eigenvalue weighted by Crippen LogP contribution is 2.32. The van der Waals surface area contributed by atoms with Gasteiger partial charge in [-0.1, -0.05) is 18.2 Å². The normalized spacial score (nSPS) is 10.4. The van der Waals surface area contributed by atoms with Crippen LogP contribution < -0.4 is 5.73 Å². The van der Waals surface area contributed by atoms with E-state index in [1.54, 1.807) is 18.5 Å². The molecule has 0 bridgehead atoms. The minimum absolute atomic E-state index is 0.113. The molecule has 0 atom stereocenters. The van der Waals surface area contributed by atoms with E-state index in [1.165, 1.54) is 6.20 Å². The molecule has 0 aliphatic carbocycles. The Balaban J connectivity index is 1.83. The molecular weight excluding hydrogens is 392 g/mol. The number of nitrogens with zero attached hydrogens (tertiary/aromatic N) is 3. The van der Waals surface area contributed by atoms with Crippen LogP contribution in [0.4, 0.5) is 5.00 Å². The van der Waals surface area contributed by atoms with Gasteiger partial charge in [-0.15, -0.1) is 11.3 Å². The number of hydrogen-bond donors (Lipinski definition) is 1. The van der Waals surface area contributed by atoms with E-state index in [4.69, 9.17) is 15.2 Å². The first-order valence-electron chi connectivity index (χ1n) is 8.73. The monoisotopic (exact) mass is 410 g/mol. The van der Waals surface area contributed by atoms with E-state index < -0.39 is 11.9 Å². The van der Waals surface area contributed by atoms with Crippen LogP contribution in [0.1, 0.15) is 43.8 Å². The Morgan fingerprint density at radius 3 is 2.62 bits per heavy atom. The largest absolute Gasteiger partial charge is 0.462 e. The molecule has 0 saturated heterocycles. The van der Waals surface area contributed by atoms with Gasteiger partial charge in [0.1, 0.15) is 28.1 Å². The summed E-state index contributed by atoms with van der Waals surface area (Å²) in [4.78, 5) is 24.9. The number of nitrogens with two attached hydrogens (primary N) is 1. The lowest BCUT2D eigenvalue weighted by atomic mass is 10.1. The Labute approximate surface area is 171 Å². The fraction of sp³-hybridized carbons (Fsp3) is 0.200. The first-order valence-corrected chi connectivity index (χ1v) is 9.55. The Bertz CT molecular complexity index is 1100. The van der Waals surface area contributed by atoms with Gasteiger partial charge in [0.2, 0.25) is 0 Å². The lowest BCUT2D eigenvalue weighted by Gasteiger charge is -2.07. The summed E-state index contributed by atoms with van der Waals surface area (Å²) in [6, 6.07) is 11.3. The smallest absolute Gasteiger partial charge is 0.348 e. The number of benzene rings is 1. The van der Waals surface area contributed by atoms with Crippen molar-refractivity contribution in [1.82, 2.24) is 9.78 Å². The molecule has 29 heavy (non-hydrogen) atoms. The van der Waals surface area contributed by atoms with Gasteiger partial charge in [0.25, 0.3) is 0 Å². The van der Waals surface area contributed by atoms with E-state index in [-0.39, 0.29) is 39.8 Å². The number of thiophene rings is 1. The van der Waals surface area contributed by atoms with Crippen molar-refractivity contribution in [1.29, 1.82) is 5.26 Å². The first-order chi connectivity index (χ1) is 14.0. The SMILES string of the molecule is CCOC(=O)c1sc(N)c(C#N)c1COC(=O)c1cnn(-c2ccccc2)c1C. The molecule has 9 heteroatoms. The third-order valence-electron chi connectivity index (χ3n) is 4.18. The van der Waals surface area contributed by atoms with Gasteiger partial charge in [0, 0.05) is 5.56 Å². The van der Waals surface area contributed by atoms with E-state index in [0.717, 1.165) is 17.0 Å². The molecule has 148 valence electrons. The molecule has 1 aromatic carbocycles. The number of esters is 2. The molecule has 0 saturated carbocycles. The predicted molar refractivity (Wildman–Crippen MR) is 107 cm³/mol. The number of para-hydroxylation sites is 1. The van der Waals surface area contributed by atoms with Crippen LogP contribution in [-0.4, -0.2) is 28.3 Å². The summed E-state index contributed by atoms with van der Waals surface area (Å²) >= 11 is 0.939. The van der Waals surface area contributed by atoms with Gasteiger partial charge < -0.3 is 15.2 Å². The van der Waals surface area contributed by atoms with Gasteiger partial charge in [-0.25, -0.2) is 14.3 Å². The van der Waals surface area contributed by atoms with Crippen molar-refractivity contribution in [3.63, 3.8) is 0 Å². The Kier molecular flexibility index (Phi) is 5.95. The molecule has 3 rings (SSSR count). The molecule has 0 spiro atoms. The van der Waals surface area contributed by atoms with Gasteiger partial charge in [-0.3, -0.25) is 0 Å². The molecular formula is C20H18N4O4S. The summed E-state index contributed by atoms with van der Waals surface area (Å²) in [7, 11) is 0. The van der Waals surface area contributed by atoms with E-state index >= 15 is 0 Å². The van der Waals surface area contributed by atoms with Crippen molar-refractivity contribution in [2.75, 3.05) is 12.3 Å². The zero-order chi connectivity index (χ0) is 21.0. The number of nitriles is 1. The molecule has 0 fully saturated rings. The van der Waals surface area contributed by atoms with Gasteiger partial charge >= 0.3 is 11.9 Å². The number of carbonyl (C=O) groups excluding carboxylic acids is 2. The van der Waals surface area contributed by atoms with Crippen LogP contribution in [0.15, 0.2) is 36.5 Å². The van der Waals surface area contributed by atoms with E-state index in [9.17, 15) is 14.9 Å². The number of nitrogen functional groups attached to an aromatic ring is 1. The summed E-state index contributed by atoms with van der Waals surface area (Å²) in [6.07, 6.45) is 1.42. The van der Waals surface area contributed by atoms with Crippen molar-refractivity contribution >= 4 is 28.3 Å². The van der Waals surface area contributed by atoms with Crippen LogP contribution in [-0.2, 0) is 16.1 Å². The Morgan fingerprint density at radius 2 is 1.97 bits per heavy atom. The summed E-state index contributed by atoms with van der Waals surface area (Å²) in [5.74, 6) is -1.22. The summed E-state index contributed by atoms with van der Waals surface area (Å²) in [5.41, 5.74) is 7.89. The first kappa shape index (κ1) is 20.1. The third-order valence-corrected chi connectivity index (χ3v) is 5.23. The highest BCUT2D eigenvalue weighted by Gasteiger charge is 2.25. The molecule has 8 nitrogen and oxygen atoms in total. The Hall–Kier alpha value is -3.64. The summed E-state index contributed by atoms with van der Waals surface area (Å²) in [6.45, 7) is 3.33. The van der Waals surface area contributed by atoms with Crippen molar-refractivity contribution < 1.29 is 19.1 Å². The van der Waals surface area contributed by atoms with E-state index in [1.807, 2.05) is 36.4 Å². The second-order valence-electron chi connectivity index (χ2n) is 5.95. The predicted octanol–water partition coefficient (Wildman–Crippen LogP) is 3.23. The zero-order valence-electron chi connectivity index (χ0n) is 15.8. The van der Waals surface area contributed by atoms with Crippen molar-refractivity contribution in [3.05, 3.63) is 63.8 Å². The quantitative estimate of drug-likeness (QED) is 0.619. The molecule has 3 aromatic rings. The van der Waals surface area contributed by atoms with Crippen LogP contribution in [0, 0.1) is 18.3 Å². The number of rotatable bonds is 6. The minimum Gasteiger partial charge on any atom is -0.462 e. The molecule has 0 radical (unpaired) electrons. The van der Waals surface area contributed by atoms with Crippen LogP contribution in [0.3, 0.4) is 0 Å². The van der Waals surface area contributed by atoms with Crippen LogP contribution >= 0.6 is 11.3 Å². The maximum absolute atomic E-state index is 12.6. The number of hydrogen-bond acceptors (Lipinski definition) is 8. The molecule has 2 N–H and O–H groups in total. The summed E-state index contributed by atoms with van der Waals surface area (Å²) in [5, 5.41) is 13.8. The van der Waals surface area contributed by atoms with E-state index in [2.05, 4.69) is 5.10 Å². The van der Waals surface area contributed by atoms with Crippen molar-refractivity contribution in [2.45, 2.75) is 20.5 Å². The van der Waals surface area contributed by atoms with Crippen molar-refractivity contribution in [2.24, 2.45) is 0 Å².